The van der Waals surface area contributed by atoms with Crippen LogP contribution in [0.1, 0.15) is 29.2 Å². The maximum Gasteiger partial charge on any atom is 0.312 e. The number of anilines is 2. The highest BCUT2D eigenvalue weighted by Crippen LogP contribution is 2.36. The van der Waals surface area contributed by atoms with Crippen molar-refractivity contribution in [1.82, 2.24) is 5.32 Å². The fourth-order valence-electron chi connectivity index (χ4n) is 4.10. The summed E-state index contributed by atoms with van der Waals surface area (Å²) in [6.07, 6.45) is 1.42. The van der Waals surface area contributed by atoms with Crippen LogP contribution in [0.3, 0.4) is 0 Å². The molecule has 3 aromatic carbocycles. The number of esters is 1. The second-order valence-corrected chi connectivity index (χ2v) is 8.40. The van der Waals surface area contributed by atoms with Crippen LogP contribution in [-0.4, -0.2) is 24.5 Å². The Morgan fingerprint density at radius 3 is 2.03 bits per heavy atom. The van der Waals surface area contributed by atoms with Crippen LogP contribution < -0.4 is 16.0 Å². The molecule has 1 aliphatic heterocycles. The molecule has 34 heavy (non-hydrogen) atoms. The Labute approximate surface area is 202 Å². The van der Waals surface area contributed by atoms with Crippen LogP contribution in [0, 0.1) is 0 Å². The van der Waals surface area contributed by atoms with E-state index in [0.717, 1.165) is 35.3 Å². The van der Waals surface area contributed by atoms with Crippen molar-refractivity contribution in [1.29, 1.82) is 0 Å². The second kappa shape index (κ2) is 10.4. The van der Waals surface area contributed by atoms with Gasteiger partial charge in [0.25, 0.3) is 5.91 Å². The molecule has 3 aromatic rings. The number of amides is 3. The number of nitrogens with zero attached hydrogens (tertiary/aromatic N) is 1. The third kappa shape index (κ3) is 5.38. The summed E-state index contributed by atoms with van der Waals surface area (Å²) < 4.78 is 5.34. The summed E-state index contributed by atoms with van der Waals surface area (Å²) in [5.74, 6) is -1.00. The van der Waals surface area contributed by atoms with Gasteiger partial charge in [-0.1, -0.05) is 60.1 Å². The van der Waals surface area contributed by atoms with Crippen LogP contribution >= 0.6 is 11.6 Å². The predicted octanol–water partition coefficient (Wildman–Crippen LogP) is 4.45. The maximum atomic E-state index is 13.3. The number of hydrogen-bond acceptors (Lipinski definition) is 4. The van der Waals surface area contributed by atoms with Gasteiger partial charge in [-0.3, -0.25) is 14.5 Å². The van der Waals surface area contributed by atoms with Gasteiger partial charge in [0.2, 0.25) is 0 Å². The zero-order chi connectivity index (χ0) is 24.1. The second-order valence-electron chi connectivity index (χ2n) is 7.96. The van der Waals surface area contributed by atoms with Gasteiger partial charge >= 0.3 is 12.0 Å². The van der Waals surface area contributed by atoms with E-state index in [1.54, 1.807) is 29.2 Å². The molecule has 3 amide bonds. The molecular weight excluding hydrogens is 454 g/mol. The highest BCUT2D eigenvalue weighted by molar-refractivity contribution is 6.30. The minimum atomic E-state index is -0.776. The van der Waals surface area contributed by atoms with Gasteiger partial charge in [-0.2, -0.15) is 0 Å². The van der Waals surface area contributed by atoms with Crippen LogP contribution in [0.15, 0.2) is 72.8 Å². The first-order valence-corrected chi connectivity index (χ1v) is 11.3. The van der Waals surface area contributed by atoms with Crippen molar-refractivity contribution in [3.63, 3.8) is 0 Å². The number of nitrogens with one attached hydrogen (secondary N) is 1. The molecule has 4 rings (SSSR count). The Morgan fingerprint density at radius 1 is 0.912 bits per heavy atom. The molecule has 0 aliphatic carbocycles. The van der Waals surface area contributed by atoms with E-state index in [2.05, 4.69) is 5.32 Å². The van der Waals surface area contributed by atoms with E-state index in [4.69, 9.17) is 22.1 Å². The minimum Gasteiger partial charge on any atom is -0.455 e. The zero-order valence-corrected chi connectivity index (χ0v) is 19.1. The molecule has 7 nitrogen and oxygen atoms in total. The van der Waals surface area contributed by atoms with Gasteiger partial charge in [0.1, 0.15) is 0 Å². The molecule has 0 bridgehead atoms. The van der Waals surface area contributed by atoms with E-state index >= 15 is 0 Å². The molecule has 174 valence electrons. The summed E-state index contributed by atoms with van der Waals surface area (Å²) in [6, 6.07) is 20.6. The average molecular weight is 478 g/mol. The standard InChI is InChI=1S/C26H24ClN3O4/c27-20-13-11-17(12-14-20)21(29-26(28)33)15-25(32)34-16-24(31)30-22-7-3-1-5-18(22)9-10-19-6-2-4-8-23(19)30/h1-8,11-14,21H,9-10,15-16H2,(H3,28,29,33)/t21-/m0/s1. The lowest BCUT2D eigenvalue weighted by molar-refractivity contribution is -0.148. The van der Waals surface area contributed by atoms with Gasteiger partial charge in [-0.25, -0.2) is 4.79 Å². The summed E-state index contributed by atoms with van der Waals surface area (Å²) in [4.78, 5) is 39.0. The Morgan fingerprint density at radius 2 is 1.47 bits per heavy atom. The van der Waals surface area contributed by atoms with Gasteiger partial charge < -0.3 is 15.8 Å². The number of aryl methyl sites for hydroxylation is 2. The molecule has 0 unspecified atom stereocenters. The van der Waals surface area contributed by atoms with Crippen LogP contribution in [0.5, 0.6) is 0 Å². The van der Waals surface area contributed by atoms with Gasteiger partial charge in [0, 0.05) is 5.02 Å². The molecule has 0 aromatic heterocycles. The van der Waals surface area contributed by atoms with Crippen molar-refractivity contribution >= 4 is 40.9 Å². The highest BCUT2D eigenvalue weighted by atomic mass is 35.5. The summed E-state index contributed by atoms with van der Waals surface area (Å²) >= 11 is 5.92. The SMILES string of the molecule is NC(=O)N[C@@H](CC(=O)OCC(=O)N1c2ccccc2CCc2ccccc21)c1ccc(Cl)cc1. The molecule has 1 atom stereocenters. The predicted molar refractivity (Wildman–Crippen MR) is 130 cm³/mol. The van der Waals surface area contributed by atoms with E-state index in [0.29, 0.717) is 10.6 Å². The van der Waals surface area contributed by atoms with Crippen molar-refractivity contribution in [2.45, 2.75) is 25.3 Å². The third-order valence-corrected chi connectivity index (χ3v) is 5.95. The quantitative estimate of drug-likeness (QED) is 0.512. The molecule has 0 fully saturated rings. The number of nitrogens with two attached hydrogens (primary N) is 1. The topological polar surface area (TPSA) is 102 Å². The van der Waals surface area contributed by atoms with E-state index < -0.39 is 24.6 Å². The van der Waals surface area contributed by atoms with Crippen LogP contribution in [0.2, 0.25) is 5.02 Å². The fraction of sp³-hybridized carbons (Fsp3) is 0.192. The first-order chi connectivity index (χ1) is 16.4. The summed E-state index contributed by atoms with van der Waals surface area (Å²) in [5, 5.41) is 3.05. The Balaban J connectivity index is 1.49. The molecule has 0 saturated heterocycles. The lowest BCUT2D eigenvalue weighted by atomic mass is 10.0. The normalized spacial score (nSPS) is 13.1. The van der Waals surface area contributed by atoms with Crippen molar-refractivity contribution in [2.24, 2.45) is 5.73 Å². The number of hydrogen-bond donors (Lipinski definition) is 2. The molecule has 1 heterocycles. The van der Waals surface area contributed by atoms with Gasteiger partial charge in [-0.05, 0) is 53.8 Å². The van der Waals surface area contributed by atoms with Crippen LogP contribution in [-0.2, 0) is 27.2 Å². The number of ether oxygens (including phenoxy) is 1. The van der Waals surface area contributed by atoms with Crippen LogP contribution in [0.25, 0.3) is 0 Å². The number of carbonyl (C=O) groups excluding carboxylic acids is 3. The van der Waals surface area contributed by atoms with Crippen molar-refractivity contribution in [3.05, 3.63) is 94.5 Å². The van der Waals surface area contributed by atoms with Crippen molar-refractivity contribution in [3.8, 4) is 0 Å². The summed E-state index contributed by atoms with van der Waals surface area (Å²) in [5.41, 5.74) is 9.57. The Kier molecular flexibility index (Phi) is 7.13. The third-order valence-electron chi connectivity index (χ3n) is 5.69. The van der Waals surface area contributed by atoms with Crippen LogP contribution in [0.4, 0.5) is 16.2 Å². The van der Waals surface area contributed by atoms with E-state index in [1.807, 2.05) is 48.5 Å². The molecule has 0 spiro atoms. The number of halogens is 1. The van der Waals surface area contributed by atoms with Gasteiger partial charge in [0.05, 0.1) is 23.8 Å². The molecular formula is C26H24ClN3O4. The largest absolute Gasteiger partial charge is 0.455 e. The molecule has 1 aliphatic rings. The molecule has 8 heteroatoms. The molecule has 0 saturated carbocycles. The lowest BCUT2D eigenvalue weighted by Gasteiger charge is -2.25. The first kappa shape index (κ1) is 23.3. The summed E-state index contributed by atoms with van der Waals surface area (Å²) in [6.45, 7) is -0.439. The average Bonchev–Trinajstić information content (AvgIpc) is 2.99. The molecule has 0 radical (unpaired) electrons. The number of fused-ring (bicyclic) bond motifs is 2. The minimum absolute atomic E-state index is 0.189. The smallest absolute Gasteiger partial charge is 0.312 e. The van der Waals surface area contributed by atoms with Crippen molar-refractivity contribution < 1.29 is 19.1 Å². The molecule has 3 N–H and O–H groups in total. The Hall–Kier alpha value is -3.84. The van der Waals surface area contributed by atoms with E-state index in [-0.39, 0.29) is 12.3 Å². The number of carbonyl (C=O) groups is 3. The monoisotopic (exact) mass is 477 g/mol. The number of primary amides is 1. The Bertz CT molecular complexity index is 1170. The van der Waals surface area contributed by atoms with Crippen molar-refractivity contribution in [2.75, 3.05) is 11.5 Å². The number of para-hydroxylation sites is 2. The zero-order valence-electron chi connectivity index (χ0n) is 18.4. The number of urea groups is 1. The van der Waals surface area contributed by atoms with E-state index in [1.165, 1.54) is 0 Å². The van der Waals surface area contributed by atoms with E-state index in [9.17, 15) is 14.4 Å². The fourth-order valence-corrected chi connectivity index (χ4v) is 4.23. The number of benzene rings is 3. The highest BCUT2D eigenvalue weighted by Gasteiger charge is 2.27. The van der Waals surface area contributed by atoms with Gasteiger partial charge in [0.15, 0.2) is 6.61 Å². The number of rotatable bonds is 6. The maximum absolute atomic E-state index is 13.3. The first-order valence-electron chi connectivity index (χ1n) is 10.9. The summed E-state index contributed by atoms with van der Waals surface area (Å²) in [7, 11) is 0. The van der Waals surface area contributed by atoms with Gasteiger partial charge in [-0.15, -0.1) is 0 Å². The lowest BCUT2D eigenvalue weighted by Crippen LogP contribution is -2.35.